The van der Waals surface area contributed by atoms with Gasteiger partial charge in [0.25, 0.3) is 0 Å². The van der Waals surface area contributed by atoms with Gasteiger partial charge in [-0.15, -0.1) is 30.6 Å². The Labute approximate surface area is 193 Å². The Hall–Kier alpha value is -1.57. The number of rotatable bonds is 11. The van der Waals surface area contributed by atoms with Crippen LogP contribution in [0.3, 0.4) is 0 Å². The molecule has 162 valence electrons. The molecule has 1 N–H and O–H groups in total. The predicted molar refractivity (Wildman–Crippen MR) is 133 cm³/mol. The van der Waals surface area contributed by atoms with Crippen molar-refractivity contribution in [1.82, 2.24) is 15.1 Å². The molecule has 5 nitrogen and oxygen atoms in total. The molecular weight excluding hydrogens is 475 g/mol. The maximum Gasteiger partial charge on any atom is 0.222 e. The molecule has 1 aromatic carbocycles. The van der Waals surface area contributed by atoms with Crippen molar-refractivity contribution in [2.45, 2.75) is 58.5 Å². The highest BCUT2D eigenvalue weighted by atomic mass is 127. The molecule has 0 radical (unpaired) electrons. The van der Waals surface area contributed by atoms with Crippen molar-refractivity contribution in [1.29, 1.82) is 0 Å². The lowest BCUT2D eigenvalue weighted by molar-refractivity contribution is -0.128. The van der Waals surface area contributed by atoms with Gasteiger partial charge in [0.1, 0.15) is 0 Å². The van der Waals surface area contributed by atoms with Crippen molar-refractivity contribution < 1.29 is 4.79 Å². The topological polar surface area (TPSA) is 47.9 Å². The van der Waals surface area contributed by atoms with E-state index >= 15 is 0 Å². The van der Waals surface area contributed by atoms with Crippen LogP contribution in [0.4, 0.5) is 0 Å². The molecule has 1 fully saturated rings. The molecule has 1 aromatic rings. The quantitative estimate of drug-likeness (QED) is 0.155. The molecule has 0 unspecified atom stereocenters. The van der Waals surface area contributed by atoms with Crippen LogP contribution in [0, 0.1) is 0 Å². The van der Waals surface area contributed by atoms with E-state index in [2.05, 4.69) is 55.0 Å². The van der Waals surface area contributed by atoms with Crippen LogP contribution in [-0.4, -0.2) is 48.3 Å². The van der Waals surface area contributed by atoms with Crippen molar-refractivity contribution >= 4 is 35.8 Å². The average molecular weight is 512 g/mol. The Morgan fingerprint density at radius 2 is 2.10 bits per heavy atom. The lowest BCUT2D eigenvalue weighted by atomic mass is 10.1. The first kappa shape index (κ1) is 25.5. The average Bonchev–Trinajstić information content (AvgIpc) is 3.09. The molecule has 29 heavy (non-hydrogen) atoms. The van der Waals surface area contributed by atoms with E-state index in [1.54, 1.807) is 0 Å². The first-order valence-electron chi connectivity index (χ1n) is 10.6. The second-order valence-corrected chi connectivity index (χ2v) is 7.47. The van der Waals surface area contributed by atoms with Gasteiger partial charge in [-0.3, -0.25) is 4.79 Å². The standard InChI is InChI=1S/C23H36N4O.HI/c1-4-6-7-8-9-15-26(3)23(24-5-2)25-18-20-12-10-13-21(17-20)19-27-16-11-14-22(27)28;/h4,10,12-13,17H,1,5-9,11,14-16,18-19H2,2-3H3,(H,24,25);1H. The zero-order chi connectivity index (χ0) is 20.2. The Bertz CT molecular complexity index is 662. The highest BCUT2D eigenvalue weighted by molar-refractivity contribution is 14.0. The van der Waals surface area contributed by atoms with Crippen molar-refractivity contribution in [3.05, 3.63) is 48.0 Å². The monoisotopic (exact) mass is 512 g/mol. The van der Waals surface area contributed by atoms with Crippen LogP contribution in [0.1, 0.15) is 56.6 Å². The first-order valence-corrected chi connectivity index (χ1v) is 10.6. The van der Waals surface area contributed by atoms with Crippen LogP contribution in [0.15, 0.2) is 41.9 Å². The van der Waals surface area contributed by atoms with Crippen molar-refractivity contribution in [3.8, 4) is 0 Å². The minimum atomic E-state index is 0. The molecule has 1 aliphatic heterocycles. The number of guanidine groups is 1. The van der Waals surface area contributed by atoms with E-state index in [9.17, 15) is 4.79 Å². The number of hydrogen-bond donors (Lipinski definition) is 1. The molecule has 1 heterocycles. The molecule has 1 amide bonds. The Balaban J connectivity index is 0.00000420. The number of halogens is 1. The van der Waals surface area contributed by atoms with E-state index in [1.807, 2.05) is 11.0 Å². The molecule has 6 heteroatoms. The number of hydrogen-bond acceptors (Lipinski definition) is 2. The Morgan fingerprint density at radius 1 is 1.31 bits per heavy atom. The number of benzene rings is 1. The zero-order valence-corrected chi connectivity index (χ0v) is 20.4. The lowest BCUT2D eigenvalue weighted by Gasteiger charge is -2.22. The summed E-state index contributed by atoms with van der Waals surface area (Å²) in [5.41, 5.74) is 2.36. The number of amides is 1. The summed E-state index contributed by atoms with van der Waals surface area (Å²) in [5.74, 6) is 1.22. The number of allylic oxidation sites excluding steroid dienone is 1. The first-order chi connectivity index (χ1) is 13.6. The summed E-state index contributed by atoms with van der Waals surface area (Å²) in [6.07, 6.45) is 8.34. The summed E-state index contributed by atoms with van der Waals surface area (Å²) in [4.78, 5) is 20.8. The fourth-order valence-electron chi connectivity index (χ4n) is 3.47. The highest BCUT2D eigenvalue weighted by Gasteiger charge is 2.19. The van der Waals surface area contributed by atoms with Crippen LogP contribution in [0.2, 0.25) is 0 Å². The minimum absolute atomic E-state index is 0. The summed E-state index contributed by atoms with van der Waals surface area (Å²) >= 11 is 0. The van der Waals surface area contributed by atoms with Crippen LogP contribution in [0.25, 0.3) is 0 Å². The lowest BCUT2D eigenvalue weighted by Crippen LogP contribution is -2.39. The predicted octanol–water partition coefficient (Wildman–Crippen LogP) is 4.57. The second-order valence-electron chi connectivity index (χ2n) is 7.47. The number of carbonyl (C=O) groups is 1. The molecule has 1 aliphatic rings. The van der Waals surface area contributed by atoms with E-state index in [4.69, 9.17) is 4.99 Å². The van der Waals surface area contributed by atoms with Crippen molar-refractivity contribution in [2.24, 2.45) is 4.99 Å². The van der Waals surface area contributed by atoms with Gasteiger partial charge in [0.15, 0.2) is 5.96 Å². The second kappa shape index (κ2) is 14.4. The van der Waals surface area contributed by atoms with Gasteiger partial charge in [-0.2, -0.15) is 0 Å². The normalized spacial score (nSPS) is 13.9. The third kappa shape index (κ3) is 9.19. The van der Waals surface area contributed by atoms with Gasteiger partial charge in [0.2, 0.25) is 5.91 Å². The number of carbonyl (C=O) groups excluding carboxylic acids is 1. The molecule has 0 spiro atoms. The molecule has 0 saturated carbocycles. The summed E-state index contributed by atoms with van der Waals surface area (Å²) in [5, 5.41) is 3.39. The largest absolute Gasteiger partial charge is 0.357 e. The van der Waals surface area contributed by atoms with Crippen LogP contribution in [-0.2, 0) is 17.9 Å². The third-order valence-corrected chi connectivity index (χ3v) is 5.05. The van der Waals surface area contributed by atoms with Gasteiger partial charge < -0.3 is 15.1 Å². The Kier molecular flexibility index (Phi) is 12.7. The smallest absolute Gasteiger partial charge is 0.222 e. The fourth-order valence-corrected chi connectivity index (χ4v) is 3.47. The summed E-state index contributed by atoms with van der Waals surface area (Å²) in [6.45, 7) is 9.97. The zero-order valence-electron chi connectivity index (χ0n) is 18.0. The number of unbranched alkanes of at least 4 members (excludes halogenated alkanes) is 3. The van der Waals surface area contributed by atoms with Gasteiger partial charge in [-0.1, -0.05) is 36.8 Å². The van der Waals surface area contributed by atoms with Gasteiger partial charge in [-0.25, -0.2) is 4.99 Å². The van der Waals surface area contributed by atoms with Crippen LogP contribution in [0.5, 0.6) is 0 Å². The molecule has 0 aromatic heterocycles. The van der Waals surface area contributed by atoms with Gasteiger partial charge >= 0.3 is 0 Å². The molecule has 0 atom stereocenters. The molecular formula is C23H37IN4O. The van der Waals surface area contributed by atoms with Crippen molar-refractivity contribution in [3.63, 3.8) is 0 Å². The van der Waals surface area contributed by atoms with Gasteiger partial charge in [0, 0.05) is 39.6 Å². The molecule has 0 aliphatic carbocycles. The maximum atomic E-state index is 11.9. The Morgan fingerprint density at radius 3 is 2.79 bits per heavy atom. The van der Waals surface area contributed by atoms with Crippen LogP contribution < -0.4 is 5.32 Å². The maximum absolute atomic E-state index is 11.9. The van der Waals surface area contributed by atoms with Crippen LogP contribution >= 0.6 is 24.0 Å². The number of nitrogens with one attached hydrogen (secondary N) is 1. The third-order valence-electron chi connectivity index (χ3n) is 5.05. The molecule has 1 saturated heterocycles. The highest BCUT2D eigenvalue weighted by Crippen LogP contribution is 2.15. The van der Waals surface area contributed by atoms with E-state index in [1.165, 1.54) is 24.0 Å². The fraction of sp³-hybridized carbons (Fsp3) is 0.565. The van der Waals surface area contributed by atoms with Gasteiger partial charge in [0.05, 0.1) is 6.54 Å². The number of aliphatic imine (C=N–C) groups is 1. The van der Waals surface area contributed by atoms with E-state index in [0.717, 1.165) is 44.9 Å². The van der Waals surface area contributed by atoms with Gasteiger partial charge in [-0.05, 0) is 43.7 Å². The number of likely N-dealkylation sites (tertiary alicyclic amines) is 1. The van der Waals surface area contributed by atoms with E-state index in [0.29, 0.717) is 19.5 Å². The number of nitrogens with zero attached hydrogens (tertiary/aromatic N) is 3. The van der Waals surface area contributed by atoms with E-state index < -0.39 is 0 Å². The molecule has 2 rings (SSSR count). The SMILES string of the molecule is C=CCCCCCN(C)C(=NCc1cccc(CN2CCCC2=O)c1)NCC.I. The van der Waals surface area contributed by atoms with Crippen molar-refractivity contribution in [2.75, 3.05) is 26.7 Å². The van der Waals surface area contributed by atoms with E-state index in [-0.39, 0.29) is 29.9 Å². The summed E-state index contributed by atoms with van der Waals surface area (Å²) in [6, 6.07) is 8.45. The summed E-state index contributed by atoms with van der Waals surface area (Å²) in [7, 11) is 2.10. The minimum Gasteiger partial charge on any atom is -0.357 e. The molecule has 0 bridgehead atoms. The summed E-state index contributed by atoms with van der Waals surface area (Å²) < 4.78 is 0.